The molecule has 4 rings (SSSR count). The number of aryl methyl sites for hydroxylation is 1. The highest BCUT2D eigenvalue weighted by Gasteiger charge is 2.12. The van der Waals surface area contributed by atoms with E-state index in [2.05, 4.69) is 15.6 Å². The van der Waals surface area contributed by atoms with Gasteiger partial charge < -0.3 is 10.6 Å². The van der Waals surface area contributed by atoms with Crippen LogP contribution in [0.25, 0.3) is 10.9 Å². The molecule has 3 aromatic carbocycles. The summed E-state index contributed by atoms with van der Waals surface area (Å²) < 4.78 is 1.58. The molecule has 0 aliphatic heterocycles. The summed E-state index contributed by atoms with van der Waals surface area (Å²) in [4.78, 5) is 30.0. The average molecular weight is 419 g/mol. The SMILES string of the molecule is Cc1nc2ccc(NC(=O)Nc3ccccc3)cc2c(=O)n1Cc1ccccc1Cl. The molecule has 0 aliphatic rings. The van der Waals surface area contributed by atoms with Gasteiger partial charge in [-0.3, -0.25) is 9.36 Å². The van der Waals surface area contributed by atoms with Gasteiger partial charge in [0.1, 0.15) is 5.82 Å². The highest BCUT2D eigenvalue weighted by atomic mass is 35.5. The van der Waals surface area contributed by atoms with Gasteiger partial charge in [0.05, 0.1) is 17.4 Å². The van der Waals surface area contributed by atoms with Gasteiger partial charge in [0.25, 0.3) is 5.56 Å². The molecule has 0 bridgehead atoms. The fourth-order valence-electron chi connectivity index (χ4n) is 3.21. The van der Waals surface area contributed by atoms with Crippen molar-refractivity contribution in [3.05, 3.63) is 99.6 Å². The quantitative estimate of drug-likeness (QED) is 0.487. The molecule has 0 fully saturated rings. The zero-order chi connectivity index (χ0) is 21.1. The first-order valence-electron chi connectivity index (χ1n) is 9.39. The molecule has 2 N–H and O–H groups in total. The first-order chi connectivity index (χ1) is 14.5. The molecule has 0 spiro atoms. The Bertz CT molecular complexity index is 1290. The maximum atomic E-state index is 13.1. The van der Waals surface area contributed by atoms with Crippen molar-refractivity contribution in [1.82, 2.24) is 9.55 Å². The predicted molar refractivity (Wildman–Crippen MR) is 120 cm³/mol. The number of halogens is 1. The van der Waals surface area contributed by atoms with Crippen molar-refractivity contribution in [1.29, 1.82) is 0 Å². The van der Waals surface area contributed by atoms with E-state index in [1.54, 1.807) is 47.9 Å². The van der Waals surface area contributed by atoms with Crippen molar-refractivity contribution in [3.63, 3.8) is 0 Å². The molecule has 0 saturated carbocycles. The van der Waals surface area contributed by atoms with Crippen molar-refractivity contribution in [2.45, 2.75) is 13.5 Å². The van der Waals surface area contributed by atoms with Gasteiger partial charge in [-0.2, -0.15) is 0 Å². The van der Waals surface area contributed by atoms with Crippen LogP contribution in [0, 0.1) is 6.92 Å². The second-order valence-electron chi connectivity index (χ2n) is 6.82. The molecular weight excluding hydrogens is 400 g/mol. The van der Waals surface area contributed by atoms with Crippen LogP contribution in [0.1, 0.15) is 11.4 Å². The largest absolute Gasteiger partial charge is 0.323 e. The molecule has 0 atom stereocenters. The molecule has 1 heterocycles. The Kier molecular flexibility index (Phi) is 5.50. The Morgan fingerprint density at radius 1 is 0.967 bits per heavy atom. The number of benzene rings is 3. The lowest BCUT2D eigenvalue weighted by molar-refractivity contribution is 0.262. The monoisotopic (exact) mass is 418 g/mol. The number of anilines is 2. The first kappa shape index (κ1) is 19.7. The Balaban J connectivity index is 1.64. The average Bonchev–Trinajstić information content (AvgIpc) is 2.73. The van der Waals surface area contributed by atoms with Crippen LogP contribution in [0.4, 0.5) is 16.2 Å². The van der Waals surface area contributed by atoms with Crippen LogP contribution in [0.3, 0.4) is 0 Å². The molecule has 0 saturated heterocycles. The summed E-state index contributed by atoms with van der Waals surface area (Å²) in [6, 6.07) is 21.2. The Morgan fingerprint density at radius 2 is 1.67 bits per heavy atom. The number of hydrogen-bond donors (Lipinski definition) is 2. The number of nitrogens with one attached hydrogen (secondary N) is 2. The van der Waals surface area contributed by atoms with Crippen molar-refractivity contribution in [3.8, 4) is 0 Å². The molecule has 0 radical (unpaired) electrons. The number of fused-ring (bicyclic) bond motifs is 1. The molecule has 2 amide bonds. The number of aromatic nitrogens is 2. The molecular formula is C23H19ClN4O2. The van der Waals surface area contributed by atoms with Gasteiger partial charge in [0.15, 0.2) is 0 Å². The van der Waals surface area contributed by atoms with Crippen molar-refractivity contribution < 1.29 is 4.79 Å². The molecule has 1 aromatic heterocycles. The van der Waals surface area contributed by atoms with Gasteiger partial charge in [-0.15, -0.1) is 0 Å². The van der Waals surface area contributed by atoms with E-state index in [0.717, 1.165) is 5.56 Å². The number of amides is 2. The predicted octanol–water partition coefficient (Wildman–Crippen LogP) is 5.05. The molecule has 6 nitrogen and oxygen atoms in total. The van der Waals surface area contributed by atoms with E-state index in [1.807, 2.05) is 36.4 Å². The lowest BCUT2D eigenvalue weighted by Gasteiger charge is -2.13. The first-order valence-corrected chi connectivity index (χ1v) is 9.77. The van der Waals surface area contributed by atoms with Gasteiger partial charge in [-0.05, 0) is 48.9 Å². The van der Waals surface area contributed by atoms with E-state index in [-0.39, 0.29) is 5.56 Å². The van der Waals surface area contributed by atoms with Crippen LogP contribution in [-0.4, -0.2) is 15.6 Å². The summed E-state index contributed by atoms with van der Waals surface area (Å²) in [6.45, 7) is 2.11. The van der Waals surface area contributed by atoms with Crippen molar-refractivity contribution >= 4 is 39.9 Å². The number of rotatable bonds is 4. The van der Waals surface area contributed by atoms with Crippen LogP contribution in [-0.2, 0) is 6.54 Å². The highest BCUT2D eigenvalue weighted by Crippen LogP contribution is 2.19. The van der Waals surface area contributed by atoms with Gasteiger partial charge in [0.2, 0.25) is 0 Å². The maximum absolute atomic E-state index is 13.1. The minimum atomic E-state index is -0.392. The molecule has 30 heavy (non-hydrogen) atoms. The third-order valence-corrected chi connectivity index (χ3v) is 5.09. The van der Waals surface area contributed by atoms with E-state index in [0.29, 0.717) is 39.7 Å². The number of carbonyl (C=O) groups is 1. The number of carbonyl (C=O) groups excluding carboxylic acids is 1. The second-order valence-corrected chi connectivity index (χ2v) is 7.23. The van der Waals surface area contributed by atoms with Gasteiger partial charge in [-0.25, -0.2) is 9.78 Å². The Labute approximate surface area is 178 Å². The van der Waals surface area contributed by atoms with E-state index < -0.39 is 6.03 Å². The van der Waals surface area contributed by atoms with Crippen LogP contribution in [0.2, 0.25) is 5.02 Å². The van der Waals surface area contributed by atoms with Gasteiger partial charge >= 0.3 is 6.03 Å². The summed E-state index contributed by atoms with van der Waals surface area (Å²) in [6.07, 6.45) is 0. The molecule has 7 heteroatoms. The second kappa shape index (κ2) is 8.39. The lowest BCUT2D eigenvalue weighted by atomic mass is 10.2. The van der Waals surface area contributed by atoms with E-state index in [9.17, 15) is 9.59 Å². The zero-order valence-corrected chi connectivity index (χ0v) is 17.0. The summed E-state index contributed by atoms with van der Waals surface area (Å²) in [5.74, 6) is 0.593. The van der Waals surface area contributed by atoms with E-state index in [1.165, 1.54) is 0 Å². The minimum absolute atomic E-state index is 0.190. The number of para-hydroxylation sites is 1. The topological polar surface area (TPSA) is 76.0 Å². The maximum Gasteiger partial charge on any atom is 0.323 e. The minimum Gasteiger partial charge on any atom is -0.308 e. The lowest BCUT2D eigenvalue weighted by Crippen LogP contribution is -2.25. The standard InChI is InChI=1S/C23H19ClN4O2/c1-15-25-21-12-11-18(27-23(30)26-17-8-3-2-4-9-17)13-19(21)22(29)28(15)14-16-7-5-6-10-20(16)24/h2-13H,14H2,1H3,(H2,26,27,30). The smallest absolute Gasteiger partial charge is 0.308 e. The molecule has 0 aliphatic carbocycles. The summed E-state index contributed by atoms with van der Waals surface area (Å²) >= 11 is 6.26. The Morgan fingerprint density at radius 3 is 2.43 bits per heavy atom. The molecule has 0 unspecified atom stereocenters. The van der Waals surface area contributed by atoms with Crippen LogP contribution >= 0.6 is 11.6 Å². The van der Waals surface area contributed by atoms with Crippen molar-refractivity contribution in [2.24, 2.45) is 0 Å². The molecule has 150 valence electrons. The van der Waals surface area contributed by atoms with Crippen LogP contribution < -0.4 is 16.2 Å². The van der Waals surface area contributed by atoms with Gasteiger partial charge in [-0.1, -0.05) is 48.0 Å². The van der Waals surface area contributed by atoms with Crippen LogP contribution in [0.15, 0.2) is 77.6 Å². The number of urea groups is 1. The fourth-order valence-corrected chi connectivity index (χ4v) is 3.40. The molecule has 4 aromatic rings. The van der Waals surface area contributed by atoms with E-state index in [4.69, 9.17) is 11.6 Å². The third kappa shape index (κ3) is 4.18. The van der Waals surface area contributed by atoms with Crippen LogP contribution in [0.5, 0.6) is 0 Å². The third-order valence-electron chi connectivity index (χ3n) is 4.72. The highest BCUT2D eigenvalue weighted by molar-refractivity contribution is 6.31. The van der Waals surface area contributed by atoms with Gasteiger partial charge in [0, 0.05) is 16.4 Å². The summed E-state index contributed by atoms with van der Waals surface area (Å²) in [5, 5.41) is 6.52. The number of nitrogens with zero attached hydrogens (tertiary/aromatic N) is 2. The van der Waals surface area contributed by atoms with Crippen molar-refractivity contribution in [2.75, 3.05) is 10.6 Å². The fraction of sp³-hybridized carbons (Fsp3) is 0.0870. The Hall–Kier alpha value is -3.64. The normalized spacial score (nSPS) is 10.7. The zero-order valence-electron chi connectivity index (χ0n) is 16.2. The summed E-state index contributed by atoms with van der Waals surface area (Å²) in [7, 11) is 0. The van der Waals surface area contributed by atoms with E-state index >= 15 is 0 Å². The number of hydrogen-bond acceptors (Lipinski definition) is 3. The summed E-state index contributed by atoms with van der Waals surface area (Å²) in [5.41, 5.74) is 2.40.